The van der Waals surface area contributed by atoms with E-state index in [0.29, 0.717) is 0 Å². The van der Waals surface area contributed by atoms with Crippen molar-refractivity contribution < 1.29 is 38.5 Å². The number of nitrogens with zero attached hydrogens (tertiary/aromatic N) is 2. The average molecular weight is 449 g/mol. The Morgan fingerprint density at radius 1 is 1.37 bits per heavy atom. The van der Waals surface area contributed by atoms with Gasteiger partial charge in [-0.05, 0) is 36.7 Å². The summed E-state index contributed by atoms with van der Waals surface area (Å²) in [6.07, 6.45) is -0.649. The lowest BCUT2D eigenvalue weighted by molar-refractivity contribution is -0.154. The minimum atomic E-state index is -2.11. The molecule has 11 heteroatoms. The van der Waals surface area contributed by atoms with Crippen LogP contribution in [0.5, 0.6) is 5.75 Å². The van der Waals surface area contributed by atoms with Gasteiger partial charge in [-0.25, -0.2) is 23.8 Å². The normalized spacial score (nSPS) is 22.4. The molecular weight excluding hydrogens is 431 g/mol. The lowest BCUT2D eigenvalue weighted by Gasteiger charge is -2.28. The zero-order valence-corrected chi connectivity index (χ0v) is 16.3. The minimum absolute atomic E-state index is 0.0344. The largest absolute Gasteiger partial charge is 0.480 e. The Morgan fingerprint density at radius 2 is 2.00 bits per heavy atom. The standard InChI is InChI=1S/C16H18BrFN2O7/c1-15(2,3)27-14(25)20-7-16(13(23)24,5-9(20)12(21)22)26-10-4-8(18)6-19-11(10)17/h4,6,9H,5,7H2,1-3H3,(H,21,22)(H,23,24)/t9-,16+/m0/s1. The van der Waals surface area contributed by atoms with Crippen molar-refractivity contribution >= 4 is 34.0 Å². The average Bonchev–Trinajstić information content (AvgIpc) is 2.91. The first-order valence-electron chi connectivity index (χ1n) is 7.80. The van der Waals surface area contributed by atoms with Crippen LogP contribution in [0, 0.1) is 5.82 Å². The summed E-state index contributed by atoms with van der Waals surface area (Å²) in [6.45, 7) is 4.17. The van der Waals surface area contributed by atoms with Gasteiger partial charge in [0.15, 0.2) is 5.75 Å². The number of pyridine rings is 1. The maximum atomic E-state index is 13.5. The highest BCUT2D eigenvalue weighted by Gasteiger charge is 2.57. The number of halogens is 2. The smallest absolute Gasteiger partial charge is 0.411 e. The fourth-order valence-electron chi connectivity index (χ4n) is 2.56. The molecule has 2 N–H and O–H groups in total. The molecule has 0 aliphatic carbocycles. The van der Waals surface area contributed by atoms with E-state index in [2.05, 4.69) is 20.9 Å². The third-order valence-electron chi connectivity index (χ3n) is 3.71. The molecule has 148 valence electrons. The minimum Gasteiger partial charge on any atom is -0.480 e. The SMILES string of the molecule is CC(C)(C)OC(=O)N1C[C@@](Oc2cc(F)cnc2Br)(C(=O)O)C[C@H]1C(=O)O. The first-order chi connectivity index (χ1) is 12.3. The Hall–Kier alpha value is -2.43. The third-order valence-corrected chi connectivity index (χ3v) is 4.30. The maximum absolute atomic E-state index is 13.5. The predicted molar refractivity (Wildman–Crippen MR) is 91.9 cm³/mol. The van der Waals surface area contributed by atoms with Gasteiger partial charge in [-0.3, -0.25) is 4.90 Å². The summed E-state index contributed by atoms with van der Waals surface area (Å²) in [5.41, 5.74) is -3.02. The number of likely N-dealkylation sites (tertiary alicyclic amines) is 1. The van der Waals surface area contributed by atoms with Crippen molar-refractivity contribution in [3.8, 4) is 5.75 Å². The lowest BCUT2D eigenvalue weighted by atomic mass is 10.00. The number of carboxylic acid groups (broad SMARTS) is 2. The van der Waals surface area contributed by atoms with Crippen LogP contribution in [-0.4, -0.2) is 61.9 Å². The van der Waals surface area contributed by atoms with Gasteiger partial charge in [0.05, 0.1) is 12.7 Å². The molecule has 9 nitrogen and oxygen atoms in total. The van der Waals surface area contributed by atoms with Gasteiger partial charge in [0, 0.05) is 12.5 Å². The summed E-state index contributed by atoms with van der Waals surface area (Å²) in [5.74, 6) is -3.92. The number of aliphatic carboxylic acids is 2. The molecule has 1 aromatic heterocycles. The van der Waals surface area contributed by atoms with E-state index in [1.54, 1.807) is 20.8 Å². The second kappa shape index (κ2) is 7.29. The van der Waals surface area contributed by atoms with Crippen molar-refractivity contribution in [2.45, 2.75) is 44.4 Å². The quantitative estimate of drug-likeness (QED) is 0.671. The number of aromatic nitrogens is 1. The molecule has 1 amide bonds. The van der Waals surface area contributed by atoms with Crippen LogP contribution < -0.4 is 4.74 Å². The summed E-state index contributed by atoms with van der Waals surface area (Å²) < 4.78 is 24.1. The van der Waals surface area contributed by atoms with Crippen LogP contribution in [-0.2, 0) is 14.3 Å². The van der Waals surface area contributed by atoms with Crippen LogP contribution in [0.4, 0.5) is 9.18 Å². The summed E-state index contributed by atoms with van der Waals surface area (Å²) in [7, 11) is 0. The number of carbonyl (C=O) groups excluding carboxylic acids is 1. The van der Waals surface area contributed by atoms with E-state index in [1.165, 1.54) is 0 Å². The van der Waals surface area contributed by atoms with Crippen molar-refractivity contribution in [1.82, 2.24) is 9.88 Å². The van der Waals surface area contributed by atoms with Crippen molar-refractivity contribution in [2.75, 3.05) is 6.54 Å². The van der Waals surface area contributed by atoms with Crippen molar-refractivity contribution in [3.05, 3.63) is 22.7 Å². The first-order valence-corrected chi connectivity index (χ1v) is 8.60. The van der Waals surface area contributed by atoms with Gasteiger partial charge in [0.2, 0.25) is 5.60 Å². The van der Waals surface area contributed by atoms with Gasteiger partial charge >= 0.3 is 18.0 Å². The molecular formula is C16H18BrFN2O7. The molecule has 2 rings (SSSR count). The van der Waals surface area contributed by atoms with Crippen molar-refractivity contribution in [3.63, 3.8) is 0 Å². The number of hydrogen-bond acceptors (Lipinski definition) is 6. The van der Waals surface area contributed by atoms with E-state index < -0.39 is 54.1 Å². The highest BCUT2D eigenvalue weighted by molar-refractivity contribution is 9.10. The van der Waals surface area contributed by atoms with E-state index in [4.69, 9.17) is 9.47 Å². The van der Waals surface area contributed by atoms with E-state index in [9.17, 15) is 29.0 Å². The molecule has 27 heavy (non-hydrogen) atoms. The molecule has 1 saturated heterocycles. The van der Waals surface area contributed by atoms with Crippen molar-refractivity contribution in [1.29, 1.82) is 0 Å². The van der Waals surface area contributed by atoms with Crippen LogP contribution in [0.25, 0.3) is 0 Å². The van der Waals surface area contributed by atoms with Crippen LogP contribution >= 0.6 is 15.9 Å². The Balaban J connectivity index is 2.39. The molecule has 2 atom stereocenters. The zero-order chi connectivity index (χ0) is 20.6. The Bertz CT molecular complexity index is 783. The van der Waals surface area contributed by atoms with Gasteiger partial charge in [0.1, 0.15) is 22.1 Å². The van der Waals surface area contributed by atoms with E-state index in [1.807, 2.05) is 0 Å². The number of hydrogen-bond donors (Lipinski definition) is 2. The summed E-state index contributed by atoms with van der Waals surface area (Å²) in [6, 6.07) is -0.579. The van der Waals surface area contributed by atoms with E-state index in [-0.39, 0.29) is 10.4 Å². The number of carbonyl (C=O) groups is 3. The van der Waals surface area contributed by atoms with Crippen LogP contribution in [0.15, 0.2) is 16.9 Å². The zero-order valence-electron chi connectivity index (χ0n) is 14.7. The molecule has 0 radical (unpaired) electrons. The molecule has 1 aliphatic heterocycles. The molecule has 1 aromatic rings. The second-order valence-corrected chi connectivity index (χ2v) is 7.76. The van der Waals surface area contributed by atoms with Crippen LogP contribution in [0.2, 0.25) is 0 Å². The van der Waals surface area contributed by atoms with Gasteiger partial charge in [0.25, 0.3) is 0 Å². The summed E-state index contributed by atoms with van der Waals surface area (Å²) in [4.78, 5) is 40.3. The summed E-state index contributed by atoms with van der Waals surface area (Å²) >= 11 is 3.02. The van der Waals surface area contributed by atoms with Crippen LogP contribution in [0.1, 0.15) is 27.2 Å². The predicted octanol–water partition coefficient (Wildman–Crippen LogP) is 2.28. The molecule has 0 aromatic carbocycles. The fraction of sp³-hybridized carbons (Fsp3) is 0.500. The third kappa shape index (κ3) is 4.65. The lowest BCUT2D eigenvalue weighted by Crippen LogP contribution is -2.48. The molecule has 0 spiro atoms. The number of amides is 1. The molecule has 1 fully saturated rings. The Labute approximate surface area is 162 Å². The Morgan fingerprint density at radius 3 is 2.52 bits per heavy atom. The van der Waals surface area contributed by atoms with Gasteiger partial charge in [-0.2, -0.15) is 0 Å². The fourth-order valence-corrected chi connectivity index (χ4v) is 2.86. The highest BCUT2D eigenvalue weighted by atomic mass is 79.9. The maximum Gasteiger partial charge on any atom is 0.411 e. The molecule has 0 saturated carbocycles. The number of ether oxygens (including phenoxy) is 2. The molecule has 0 bridgehead atoms. The Kier molecular flexibility index (Phi) is 5.64. The van der Waals surface area contributed by atoms with E-state index >= 15 is 0 Å². The van der Waals surface area contributed by atoms with E-state index in [0.717, 1.165) is 17.2 Å². The first kappa shape index (κ1) is 20.9. The molecule has 1 aliphatic rings. The van der Waals surface area contributed by atoms with Gasteiger partial charge < -0.3 is 19.7 Å². The number of rotatable bonds is 4. The second-order valence-electron chi connectivity index (χ2n) is 7.01. The molecule has 2 heterocycles. The monoisotopic (exact) mass is 448 g/mol. The summed E-state index contributed by atoms with van der Waals surface area (Å²) in [5, 5.41) is 19.1. The van der Waals surface area contributed by atoms with Crippen LogP contribution in [0.3, 0.4) is 0 Å². The molecule has 0 unspecified atom stereocenters. The van der Waals surface area contributed by atoms with Crippen molar-refractivity contribution in [2.24, 2.45) is 0 Å². The topological polar surface area (TPSA) is 126 Å². The number of carboxylic acids is 2. The van der Waals surface area contributed by atoms with Gasteiger partial charge in [-0.15, -0.1) is 0 Å². The van der Waals surface area contributed by atoms with Gasteiger partial charge in [-0.1, -0.05) is 0 Å². The highest BCUT2D eigenvalue weighted by Crippen LogP contribution is 2.36.